The van der Waals surface area contributed by atoms with Crippen molar-refractivity contribution < 1.29 is 9.59 Å². The zero-order valence-corrected chi connectivity index (χ0v) is 25.5. The standard InChI is InChI=1S/C32H61N3O2S/c33-28-32(22-18-15-19-23-32)26-30(36)34-24-25-38-27-31(37)35-29-20-16-13-11-9-7-5-3-1-2-4-6-8-10-12-14-17-21-29/h29H,1-28,33H2,(H,34,36)(H,35,37). The summed E-state index contributed by atoms with van der Waals surface area (Å²) in [4.78, 5) is 25.1. The summed E-state index contributed by atoms with van der Waals surface area (Å²) in [6, 6.07) is 0.327. The van der Waals surface area contributed by atoms with E-state index in [1.54, 1.807) is 11.8 Å². The van der Waals surface area contributed by atoms with Gasteiger partial charge in [0.1, 0.15) is 0 Å². The number of rotatable bonds is 9. The van der Waals surface area contributed by atoms with Crippen molar-refractivity contribution in [3.8, 4) is 0 Å². The Bertz CT molecular complexity index is 590. The van der Waals surface area contributed by atoms with E-state index in [9.17, 15) is 9.59 Å². The van der Waals surface area contributed by atoms with E-state index in [1.807, 2.05) is 0 Å². The molecule has 6 heteroatoms. The molecule has 2 rings (SSSR count). The van der Waals surface area contributed by atoms with Gasteiger partial charge >= 0.3 is 0 Å². The first-order valence-corrected chi connectivity index (χ1v) is 17.6. The van der Waals surface area contributed by atoms with Crippen LogP contribution in [0, 0.1) is 5.41 Å². The predicted octanol–water partition coefficient (Wildman–Crippen LogP) is 7.66. The summed E-state index contributed by atoms with van der Waals surface area (Å²) >= 11 is 1.63. The molecular weight excluding hydrogens is 490 g/mol. The van der Waals surface area contributed by atoms with E-state index in [0.29, 0.717) is 31.3 Å². The van der Waals surface area contributed by atoms with Crippen LogP contribution in [-0.4, -0.2) is 42.5 Å². The van der Waals surface area contributed by atoms with Crippen LogP contribution in [0.2, 0.25) is 0 Å². The van der Waals surface area contributed by atoms with Crippen LogP contribution < -0.4 is 16.4 Å². The van der Waals surface area contributed by atoms with Crippen LogP contribution in [0.5, 0.6) is 0 Å². The summed E-state index contributed by atoms with van der Waals surface area (Å²) in [6.45, 7) is 1.23. The van der Waals surface area contributed by atoms with E-state index in [2.05, 4.69) is 10.6 Å². The van der Waals surface area contributed by atoms with E-state index in [4.69, 9.17) is 5.73 Å². The summed E-state index contributed by atoms with van der Waals surface area (Å²) in [5, 5.41) is 6.42. The van der Waals surface area contributed by atoms with E-state index in [1.165, 1.54) is 122 Å². The molecule has 0 aromatic rings. The lowest BCUT2D eigenvalue weighted by Gasteiger charge is -2.35. The molecule has 0 aromatic heterocycles. The van der Waals surface area contributed by atoms with E-state index >= 15 is 0 Å². The third kappa shape index (κ3) is 16.4. The van der Waals surface area contributed by atoms with Crippen LogP contribution in [0.3, 0.4) is 0 Å². The van der Waals surface area contributed by atoms with E-state index in [0.717, 1.165) is 31.4 Å². The maximum atomic E-state index is 12.7. The Balaban J connectivity index is 1.61. The zero-order valence-electron chi connectivity index (χ0n) is 24.7. The maximum absolute atomic E-state index is 12.7. The van der Waals surface area contributed by atoms with Crippen molar-refractivity contribution in [2.75, 3.05) is 24.6 Å². The number of nitrogens with two attached hydrogens (primary N) is 1. The molecule has 4 N–H and O–H groups in total. The molecule has 0 radical (unpaired) electrons. The maximum Gasteiger partial charge on any atom is 0.230 e. The summed E-state index contributed by atoms with van der Waals surface area (Å²) in [5.41, 5.74) is 6.05. The van der Waals surface area contributed by atoms with Crippen molar-refractivity contribution in [2.45, 2.75) is 160 Å². The number of carbonyl (C=O) groups is 2. The second kappa shape index (κ2) is 22.0. The lowest BCUT2D eigenvalue weighted by atomic mass is 9.72. The van der Waals surface area contributed by atoms with Gasteiger partial charge < -0.3 is 16.4 Å². The highest BCUT2D eigenvalue weighted by molar-refractivity contribution is 7.99. The highest BCUT2D eigenvalue weighted by Crippen LogP contribution is 2.38. The average Bonchev–Trinajstić information content (AvgIpc) is 2.92. The van der Waals surface area contributed by atoms with Gasteiger partial charge in [0.2, 0.25) is 11.8 Å². The number of hydrogen-bond donors (Lipinski definition) is 3. The van der Waals surface area contributed by atoms with Gasteiger partial charge in [-0.1, -0.05) is 122 Å². The largest absolute Gasteiger partial charge is 0.355 e. The van der Waals surface area contributed by atoms with Gasteiger partial charge in [0.05, 0.1) is 5.75 Å². The summed E-state index contributed by atoms with van der Waals surface area (Å²) in [5.74, 6) is 1.54. The Morgan fingerprint density at radius 1 is 0.658 bits per heavy atom. The molecular formula is C32H61N3O2S. The second-order valence-electron chi connectivity index (χ2n) is 12.3. The van der Waals surface area contributed by atoms with Crippen LogP contribution in [0.15, 0.2) is 0 Å². The third-order valence-corrected chi connectivity index (χ3v) is 9.86. The molecule has 2 fully saturated rings. The Labute approximate surface area is 239 Å². The second-order valence-corrected chi connectivity index (χ2v) is 13.4. The van der Waals surface area contributed by atoms with Gasteiger partial charge in [-0.3, -0.25) is 9.59 Å². The van der Waals surface area contributed by atoms with Crippen LogP contribution in [0.1, 0.15) is 154 Å². The molecule has 0 spiro atoms. The van der Waals surface area contributed by atoms with Crippen molar-refractivity contribution in [3.63, 3.8) is 0 Å². The first-order chi connectivity index (χ1) is 18.6. The number of hydrogen-bond acceptors (Lipinski definition) is 4. The number of carbonyl (C=O) groups excluding carboxylic acids is 2. The quantitative estimate of drug-likeness (QED) is 0.257. The fourth-order valence-corrected chi connectivity index (χ4v) is 7.06. The molecule has 38 heavy (non-hydrogen) atoms. The molecule has 2 saturated carbocycles. The molecule has 0 unspecified atom stereocenters. The molecule has 0 aromatic carbocycles. The van der Waals surface area contributed by atoms with Crippen LogP contribution in [-0.2, 0) is 9.59 Å². The van der Waals surface area contributed by atoms with Gasteiger partial charge in [0.15, 0.2) is 0 Å². The molecule has 5 nitrogen and oxygen atoms in total. The summed E-state index contributed by atoms with van der Waals surface area (Å²) < 4.78 is 0. The van der Waals surface area contributed by atoms with Crippen molar-refractivity contribution >= 4 is 23.6 Å². The summed E-state index contributed by atoms with van der Waals surface area (Å²) in [7, 11) is 0. The Hall–Kier alpha value is -0.750. The van der Waals surface area contributed by atoms with E-state index < -0.39 is 0 Å². The highest BCUT2D eigenvalue weighted by Gasteiger charge is 2.32. The monoisotopic (exact) mass is 551 g/mol. The van der Waals surface area contributed by atoms with Crippen molar-refractivity contribution in [2.24, 2.45) is 11.1 Å². The Kier molecular flexibility index (Phi) is 19.4. The van der Waals surface area contributed by atoms with Gasteiger partial charge in [-0.15, -0.1) is 0 Å². The molecule has 0 atom stereocenters. The molecule has 0 aliphatic heterocycles. The van der Waals surface area contributed by atoms with E-state index in [-0.39, 0.29) is 17.2 Å². The van der Waals surface area contributed by atoms with Gasteiger partial charge in [-0.05, 0) is 37.6 Å². The van der Waals surface area contributed by atoms with Crippen LogP contribution in [0.25, 0.3) is 0 Å². The molecule has 222 valence electrons. The number of amides is 2. The molecule has 0 bridgehead atoms. The SMILES string of the molecule is NCC1(CC(=O)NCCSCC(=O)NC2CCCCCCCCCCCCCCCCCC2)CCCCC1. The smallest absolute Gasteiger partial charge is 0.230 e. The van der Waals surface area contributed by atoms with Crippen LogP contribution in [0.4, 0.5) is 0 Å². The molecule has 2 amide bonds. The van der Waals surface area contributed by atoms with Gasteiger partial charge in [0, 0.05) is 24.8 Å². The third-order valence-electron chi connectivity index (χ3n) is 8.90. The van der Waals surface area contributed by atoms with Crippen molar-refractivity contribution in [1.82, 2.24) is 10.6 Å². The van der Waals surface area contributed by atoms with Crippen LogP contribution >= 0.6 is 11.8 Å². The lowest BCUT2D eigenvalue weighted by molar-refractivity contribution is -0.123. The minimum absolute atomic E-state index is 0.0118. The highest BCUT2D eigenvalue weighted by atomic mass is 32.2. The lowest BCUT2D eigenvalue weighted by Crippen LogP contribution is -2.39. The number of nitrogens with one attached hydrogen (secondary N) is 2. The molecule has 0 saturated heterocycles. The minimum Gasteiger partial charge on any atom is -0.355 e. The molecule has 0 heterocycles. The molecule has 2 aliphatic carbocycles. The fourth-order valence-electron chi connectivity index (χ4n) is 6.40. The fraction of sp³-hybridized carbons (Fsp3) is 0.938. The first kappa shape index (κ1) is 33.5. The van der Waals surface area contributed by atoms with Crippen molar-refractivity contribution in [1.29, 1.82) is 0 Å². The topological polar surface area (TPSA) is 84.2 Å². The Morgan fingerprint density at radius 2 is 1.11 bits per heavy atom. The normalized spacial score (nSPS) is 21.9. The zero-order chi connectivity index (χ0) is 27.2. The Morgan fingerprint density at radius 3 is 1.58 bits per heavy atom. The first-order valence-electron chi connectivity index (χ1n) is 16.5. The average molecular weight is 552 g/mol. The van der Waals surface area contributed by atoms with Crippen molar-refractivity contribution in [3.05, 3.63) is 0 Å². The van der Waals surface area contributed by atoms with Gasteiger partial charge in [0.25, 0.3) is 0 Å². The molecule has 2 aliphatic rings. The van der Waals surface area contributed by atoms with Gasteiger partial charge in [-0.2, -0.15) is 11.8 Å². The minimum atomic E-state index is 0.0118. The predicted molar refractivity (Wildman–Crippen MR) is 165 cm³/mol. The number of thioether (sulfide) groups is 1. The summed E-state index contributed by atoms with van der Waals surface area (Å²) in [6.07, 6.45) is 30.4. The van der Waals surface area contributed by atoms with Gasteiger partial charge in [-0.25, -0.2) is 0 Å².